The van der Waals surface area contributed by atoms with Crippen LogP contribution in [0.25, 0.3) is 0 Å². The number of aromatic nitrogens is 1. The number of nitrogens with one attached hydrogen (secondary N) is 1. The summed E-state index contributed by atoms with van der Waals surface area (Å²) in [5, 5.41) is 12.6. The van der Waals surface area contributed by atoms with Crippen molar-refractivity contribution < 1.29 is 5.11 Å². The van der Waals surface area contributed by atoms with Crippen LogP contribution in [-0.2, 0) is 6.54 Å². The molecular weight excluding hydrogens is 176 g/mol. The van der Waals surface area contributed by atoms with Crippen molar-refractivity contribution in [3.8, 4) is 0 Å². The molecule has 1 atom stereocenters. The van der Waals surface area contributed by atoms with Crippen molar-refractivity contribution >= 4 is 0 Å². The zero-order chi connectivity index (χ0) is 10.2. The van der Waals surface area contributed by atoms with Crippen LogP contribution in [0.4, 0.5) is 0 Å². The van der Waals surface area contributed by atoms with E-state index in [1.807, 2.05) is 25.3 Å². The van der Waals surface area contributed by atoms with Crippen molar-refractivity contribution in [3.63, 3.8) is 0 Å². The molecule has 2 N–H and O–H groups in total. The number of aliphatic hydroxyl groups is 1. The summed E-state index contributed by atoms with van der Waals surface area (Å²) in [5.41, 5.74) is 1.18. The largest absolute Gasteiger partial charge is 0.393 e. The molecule has 1 aromatic heterocycles. The number of aliphatic hydroxyl groups excluding tert-OH is 1. The van der Waals surface area contributed by atoms with Gasteiger partial charge in [-0.15, -0.1) is 0 Å². The molecule has 1 rings (SSSR count). The monoisotopic (exact) mass is 194 g/mol. The maximum Gasteiger partial charge on any atom is 0.0549 e. The van der Waals surface area contributed by atoms with Crippen LogP contribution in [0.15, 0.2) is 24.5 Å². The van der Waals surface area contributed by atoms with Crippen LogP contribution in [0.2, 0.25) is 0 Å². The molecule has 78 valence electrons. The van der Waals surface area contributed by atoms with Crippen LogP contribution in [0.1, 0.15) is 25.3 Å². The van der Waals surface area contributed by atoms with Crippen molar-refractivity contribution in [2.75, 3.05) is 6.54 Å². The smallest absolute Gasteiger partial charge is 0.0549 e. The Balaban J connectivity index is 2.10. The Labute approximate surface area is 85.2 Å². The highest BCUT2D eigenvalue weighted by Gasteiger charge is 1.99. The summed E-state index contributed by atoms with van der Waals surface area (Å²) < 4.78 is 0. The molecule has 0 amide bonds. The quantitative estimate of drug-likeness (QED) is 0.672. The third-order valence-electron chi connectivity index (χ3n) is 2.18. The molecule has 0 spiro atoms. The Hall–Kier alpha value is -0.930. The second-order valence-electron chi connectivity index (χ2n) is 3.39. The fourth-order valence-corrected chi connectivity index (χ4v) is 1.21. The topological polar surface area (TPSA) is 45.1 Å². The predicted octanol–water partition coefficient (Wildman–Crippen LogP) is 1.33. The van der Waals surface area contributed by atoms with Gasteiger partial charge in [0.2, 0.25) is 0 Å². The SMILES string of the molecule is CCC(O)CCNCc1cccnc1. The molecule has 0 aliphatic carbocycles. The van der Waals surface area contributed by atoms with Gasteiger partial charge in [0.05, 0.1) is 6.10 Å². The molecule has 0 bridgehead atoms. The molecule has 1 unspecified atom stereocenters. The molecule has 0 saturated heterocycles. The minimum atomic E-state index is -0.170. The lowest BCUT2D eigenvalue weighted by molar-refractivity contribution is 0.159. The molecule has 14 heavy (non-hydrogen) atoms. The third kappa shape index (κ3) is 4.35. The minimum Gasteiger partial charge on any atom is -0.393 e. The summed E-state index contributed by atoms with van der Waals surface area (Å²) in [4.78, 5) is 4.03. The van der Waals surface area contributed by atoms with Crippen LogP contribution < -0.4 is 5.32 Å². The fourth-order valence-electron chi connectivity index (χ4n) is 1.21. The van der Waals surface area contributed by atoms with Crippen LogP contribution in [0, 0.1) is 0 Å². The molecular formula is C11H18N2O. The average molecular weight is 194 g/mol. The standard InChI is InChI=1S/C11H18N2O/c1-2-11(14)5-7-13-9-10-4-3-6-12-8-10/h3-4,6,8,11,13-14H,2,5,7,9H2,1H3. The molecule has 0 aliphatic rings. The Kier molecular flexibility index (Phi) is 5.19. The van der Waals surface area contributed by atoms with Crippen molar-refractivity contribution in [2.45, 2.75) is 32.4 Å². The number of hydrogen-bond acceptors (Lipinski definition) is 3. The number of rotatable bonds is 6. The zero-order valence-corrected chi connectivity index (χ0v) is 8.61. The van der Waals surface area contributed by atoms with E-state index in [9.17, 15) is 5.11 Å². The van der Waals surface area contributed by atoms with Crippen LogP contribution in [0.5, 0.6) is 0 Å². The highest BCUT2D eigenvalue weighted by molar-refractivity contribution is 5.07. The molecule has 0 aliphatic heterocycles. The van der Waals surface area contributed by atoms with Gasteiger partial charge in [-0.1, -0.05) is 13.0 Å². The Morgan fingerprint density at radius 3 is 3.07 bits per heavy atom. The van der Waals surface area contributed by atoms with Gasteiger partial charge in [-0.2, -0.15) is 0 Å². The maximum atomic E-state index is 9.30. The van der Waals surface area contributed by atoms with Gasteiger partial charge in [0.25, 0.3) is 0 Å². The Morgan fingerprint density at radius 2 is 2.43 bits per heavy atom. The lowest BCUT2D eigenvalue weighted by atomic mass is 10.2. The van der Waals surface area contributed by atoms with E-state index in [1.54, 1.807) is 6.20 Å². The van der Waals surface area contributed by atoms with Gasteiger partial charge in [-0.3, -0.25) is 4.98 Å². The third-order valence-corrected chi connectivity index (χ3v) is 2.18. The highest BCUT2D eigenvalue weighted by Crippen LogP contribution is 1.97. The summed E-state index contributed by atoms with van der Waals surface area (Å²) in [7, 11) is 0. The molecule has 3 heteroatoms. The normalized spacial score (nSPS) is 12.7. The lowest BCUT2D eigenvalue weighted by Gasteiger charge is -2.08. The van der Waals surface area contributed by atoms with E-state index in [1.165, 1.54) is 5.56 Å². The first kappa shape index (κ1) is 11.1. The predicted molar refractivity (Wildman–Crippen MR) is 56.9 cm³/mol. The van der Waals surface area contributed by atoms with Crippen molar-refractivity contribution in [3.05, 3.63) is 30.1 Å². The summed E-state index contributed by atoms with van der Waals surface area (Å²) in [5.74, 6) is 0. The van der Waals surface area contributed by atoms with Gasteiger partial charge in [0.1, 0.15) is 0 Å². The van der Waals surface area contributed by atoms with Gasteiger partial charge in [0, 0.05) is 18.9 Å². The molecule has 0 saturated carbocycles. The first-order chi connectivity index (χ1) is 6.83. The van der Waals surface area contributed by atoms with Crippen LogP contribution >= 0.6 is 0 Å². The molecule has 0 aromatic carbocycles. The molecule has 1 aromatic rings. The number of nitrogens with zero attached hydrogens (tertiary/aromatic N) is 1. The second kappa shape index (κ2) is 6.51. The van der Waals surface area contributed by atoms with E-state index < -0.39 is 0 Å². The summed E-state index contributed by atoms with van der Waals surface area (Å²) in [6.45, 7) is 3.67. The average Bonchev–Trinajstić information content (AvgIpc) is 2.25. The van der Waals surface area contributed by atoms with E-state index >= 15 is 0 Å². The van der Waals surface area contributed by atoms with Crippen molar-refractivity contribution in [2.24, 2.45) is 0 Å². The minimum absolute atomic E-state index is 0.170. The summed E-state index contributed by atoms with van der Waals surface area (Å²) in [6.07, 6.45) is 5.09. The van der Waals surface area contributed by atoms with E-state index in [-0.39, 0.29) is 6.10 Å². The molecule has 0 fully saturated rings. The maximum absolute atomic E-state index is 9.30. The van der Waals surface area contributed by atoms with Crippen molar-refractivity contribution in [1.82, 2.24) is 10.3 Å². The van der Waals surface area contributed by atoms with Gasteiger partial charge >= 0.3 is 0 Å². The molecule has 1 heterocycles. The van der Waals surface area contributed by atoms with Crippen LogP contribution in [-0.4, -0.2) is 22.7 Å². The fraction of sp³-hybridized carbons (Fsp3) is 0.545. The molecule has 3 nitrogen and oxygen atoms in total. The number of pyridine rings is 1. The Morgan fingerprint density at radius 1 is 1.57 bits per heavy atom. The van der Waals surface area contributed by atoms with Gasteiger partial charge in [-0.05, 0) is 31.0 Å². The number of hydrogen-bond donors (Lipinski definition) is 2. The van der Waals surface area contributed by atoms with Gasteiger partial charge in [-0.25, -0.2) is 0 Å². The summed E-state index contributed by atoms with van der Waals surface area (Å²) in [6, 6.07) is 3.97. The van der Waals surface area contributed by atoms with E-state index in [0.717, 1.165) is 25.9 Å². The first-order valence-electron chi connectivity index (χ1n) is 5.10. The van der Waals surface area contributed by atoms with E-state index in [4.69, 9.17) is 0 Å². The van der Waals surface area contributed by atoms with Crippen molar-refractivity contribution in [1.29, 1.82) is 0 Å². The first-order valence-corrected chi connectivity index (χ1v) is 5.10. The van der Waals surface area contributed by atoms with E-state index in [2.05, 4.69) is 10.3 Å². The van der Waals surface area contributed by atoms with E-state index in [0.29, 0.717) is 0 Å². The zero-order valence-electron chi connectivity index (χ0n) is 8.61. The summed E-state index contributed by atoms with van der Waals surface area (Å²) >= 11 is 0. The Bertz CT molecular complexity index is 238. The van der Waals surface area contributed by atoms with Crippen LogP contribution in [0.3, 0.4) is 0 Å². The second-order valence-corrected chi connectivity index (χ2v) is 3.39. The van der Waals surface area contributed by atoms with Gasteiger partial charge in [0.15, 0.2) is 0 Å². The highest BCUT2D eigenvalue weighted by atomic mass is 16.3. The lowest BCUT2D eigenvalue weighted by Crippen LogP contribution is -2.19. The molecule has 0 radical (unpaired) electrons. The van der Waals surface area contributed by atoms with Gasteiger partial charge < -0.3 is 10.4 Å².